The van der Waals surface area contributed by atoms with Gasteiger partial charge in [0, 0.05) is 17.6 Å². The molecule has 2 aromatic heterocycles. The van der Waals surface area contributed by atoms with Crippen LogP contribution >= 0.6 is 15.9 Å². The number of halogens is 1. The smallest absolute Gasteiger partial charge is 0.244 e. The van der Waals surface area contributed by atoms with Crippen molar-refractivity contribution < 1.29 is 8.42 Å². The van der Waals surface area contributed by atoms with E-state index in [0.29, 0.717) is 24.1 Å². The molecule has 1 aromatic carbocycles. The predicted octanol–water partition coefficient (Wildman–Crippen LogP) is 0.926. The SMILES string of the molecule is O=S(=O)(c1ccccc1Br)N1CC(n2cc(Cn3nccn3)nn2)C1. The van der Waals surface area contributed by atoms with Crippen molar-refractivity contribution in [2.24, 2.45) is 0 Å². The van der Waals surface area contributed by atoms with Crippen LogP contribution in [0.1, 0.15) is 11.7 Å². The molecule has 25 heavy (non-hydrogen) atoms. The Morgan fingerprint density at radius 3 is 2.60 bits per heavy atom. The monoisotopic (exact) mass is 423 g/mol. The molecule has 1 aliphatic heterocycles. The molecule has 1 saturated heterocycles. The summed E-state index contributed by atoms with van der Waals surface area (Å²) in [5.74, 6) is 0. The van der Waals surface area contributed by atoms with Crippen LogP contribution < -0.4 is 0 Å². The minimum atomic E-state index is -3.51. The van der Waals surface area contributed by atoms with Crippen molar-refractivity contribution in [1.29, 1.82) is 0 Å². The largest absolute Gasteiger partial charge is 0.246 e. The summed E-state index contributed by atoms with van der Waals surface area (Å²) in [5, 5.41) is 16.2. The number of hydrogen-bond donors (Lipinski definition) is 0. The number of aromatic nitrogens is 6. The van der Waals surface area contributed by atoms with Gasteiger partial charge in [0.25, 0.3) is 0 Å². The Morgan fingerprint density at radius 2 is 1.88 bits per heavy atom. The Kier molecular flexibility index (Phi) is 4.13. The first kappa shape index (κ1) is 16.4. The zero-order chi connectivity index (χ0) is 17.4. The van der Waals surface area contributed by atoms with Crippen molar-refractivity contribution in [2.45, 2.75) is 17.5 Å². The summed E-state index contributed by atoms with van der Waals surface area (Å²) in [7, 11) is -3.51. The van der Waals surface area contributed by atoms with Crippen LogP contribution in [-0.4, -0.2) is 55.8 Å². The maximum atomic E-state index is 12.7. The molecule has 3 heterocycles. The fourth-order valence-electron chi connectivity index (χ4n) is 2.61. The van der Waals surface area contributed by atoms with Gasteiger partial charge in [-0.25, -0.2) is 13.1 Å². The quantitative estimate of drug-likeness (QED) is 0.604. The molecule has 0 unspecified atom stereocenters. The highest BCUT2D eigenvalue weighted by Gasteiger charge is 2.39. The summed E-state index contributed by atoms with van der Waals surface area (Å²) in [5.41, 5.74) is 0.725. The van der Waals surface area contributed by atoms with Crippen LogP contribution in [0, 0.1) is 0 Å². The molecule has 0 saturated carbocycles. The van der Waals surface area contributed by atoms with Gasteiger partial charge in [-0.05, 0) is 28.1 Å². The lowest BCUT2D eigenvalue weighted by Crippen LogP contribution is -2.50. The number of hydrogen-bond acceptors (Lipinski definition) is 6. The lowest BCUT2D eigenvalue weighted by atomic mass is 10.2. The number of nitrogens with zero attached hydrogens (tertiary/aromatic N) is 7. The Bertz CT molecular complexity index is 980. The van der Waals surface area contributed by atoms with Gasteiger partial charge in [0.1, 0.15) is 12.2 Å². The first-order valence-electron chi connectivity index (χ1n) is 7.53. The first-order valence-corrected chi connectivity index (χ1v) is 9.77. The lowest BCUT2D eigenvalue weighted by molar-refractivity contribution is 0.188. The highest BCUT2D eigenvalue weighted by molar-refractivity contribution is 9.10. The van der Waals surface area contributed by atoms with Gasteiger partial charge >= 0.3 is 0 Å². The van der Waals surface area contributed by atoms with Crippen molar-refractivity contribution in [3.05, 3.63) is 53.0 Å². The zero-order valence-corrected chi connectivity index (χ0v) is 15.4. The summed E-state index contributed by atoms with van der Waals surface area (Å²) in [6.07, 6.45) is 5.00. The molecule has 0 radical (unpaired) electrons. The van der Waals surface area contributed by atoms with Crippen LogP contribution in [-0.2, 0) is 16.6 Å². The van der Waals surface area contributed by atoms with Crippen molar-refractivity contribution in [1.82, 2.24) is 34.3 Å². The van der Waals surface area contributed by atoms with Crippen LogP contribution in [0.15, 0.2) is 52.2 Å². The Hall–Kier alpha value is -2.11. The van der Waals surface area contributed by atoms with Crippen LogP contribution in [0.25, 0.3) is 0 Å². The molecule has 0 N–H and O–H groups in total. The molecule has 1 aliphatic rings. The van der Waals surface area contributed by atoms with Crippen molar-refractivity contribution in [3.63, 3.8) is 0 Å². The van der Waals surface area contributed by atoms with Crippen molar-refractivity contribution in [2.75, 3.05) is 13.1 Å². The predicted molar refractivity (Wildman–Crippen MR) is 91.1 cm³/mol. The van der Waals surface area contributed by atoms with E-state index in [0.717, 1.165) is 5.69 Å². The minimum Gasteiger partial charge on any atom is -0.246 e. The highest BCUT2D eigenvalue weighted by Crippen LogP contribution is 2.31. The molecular formula is C14H14BrN7O2S. The van der Waals surface area contributed by atoms with Crippen LogP contribution in [0.5, 0.6) is 0 Å². The van der Waals surface area contributed by atoms with E-state index in [9.17, 15) is 8.42 Å². The van der Waals surface area contributed by atoms with Gasteiger partial charge in [0.2, 0.25) is 10.0 Å². The van der Waals surface area contributed by atoms with Gasteiger partial charge in [-0.15, -0.1) is 5.10 Å². The van der Waals surface area contributed by atoms with Gasteiger partial charge in [0.05, 0.1) is 29.5 Å². The van der Waals surface area contributed by atoms with E-state index in [1.54, 1.807) is 47.5 Å². The summed E-state index contributed by atoms with van der Waals surface area (Å²) >= 11 is 3.30. The molecule has 130 valence electrons. The average molecular weight is 424 g/mol. The van der Waals surface area contributed by atoms with E-state index < -0.39 is 10.0 Å². The van der Waals surface area contributed by atoms with E-state index in [-0.39, 0.29) is 10.9 Å². The van der Waals surface area contributed by atoms with Crippen molar-refractivity contribution >= 4 is 26.0 Å². The Labute approximate surface area is 152 Å². The van der Waals surface area contributed by atoms with Gasteiger partial charge in [-0.1, -0.05) is 17.3 Å². The van der Waals surface area contributed by atoms with E-state index in [2.05, 4.69) is 36.4 Å². The summed E-state index contributed by atoms with van der Waals surface area (Å²) in [6, 6.07) is 6.79. The molecule has 0 atom stereocenters. The van der Waals surface area contributed by atoms with Crippen LogP contribution in [0.3, 0.4) is 0 Å². The number of benzene rings is 1. The fourth-order valence-corrected chi connectivity index (χ4v) is 5.09. The van der Waals surface area contributed by atoms with Gasteiger partial charge in [-0.2, -0.15) is 19.3 Å². The zero-order valence-electron chi connectivity index (χ0n) is 13.0. The molecule has 0 spiro atoms. The third kappa shape index (κ3) is 3.10. The highest BCUT2D eigenvalue weighted by atomic mass is 79.9. The summed E-state index contributed by atoms with van der Waals surface area (Å²) < 4.78 is 29.0. The average Bonchev–Trinajstić information content (AvgIpc) is 3.18. The van der Waals surface area contributed by atoms with E-state index in [4.69, 9.17) is 0 Å². The molecular weight excluding hydrogens is 410 g/mol. The van der Waals surface area contributed by atoms with Gasteiger partial charge in [0.15, 0.2) is 0 Å². The number of sulfonamides is 1. The van der Waals surface area contributed by atoms with E-state index in [1.165, 1.54) is 9.10 Å². The van der Waals surface area contributed by atoms with Crippen LogP contribution in [0.2, 0.25) is 0 Å². The Balaban J connectivity index is 1.44. The molecule has 0 amide bonds. The molecule has 0 bridgehead atoms. The summed E-state index contributed by atoms with van der Waals surface area (Å²) in [4.78, 5) is 1.79. The standard InChI is InChI=1S/C14H14BrN7O2S/c15-13-3-1-2-4-14(13)25(23,24)20-9-12(10-20)21-7-11(18-19-21)8-22-16-5-6-17-22/h1-7,12H,8-10H2. The topological polar surface area (TPSA) is 98.8 Å². The third-order valence-corrected chi connectivity index (χ3v) is 6.83. The minimum absolute atomic E-state index is 0.0240. The molecule has 11 heteroatoms. The van der Waals surface area contributed by atoms with E-state index in [1.807, 2.05) is 0 Å². The van der Waals surface area contributed by atoms with Gasteiger partial charge < -0.3 is 0 Å². The van der Waals surface area contributed by atoms with Gasteiger partial charge in [-0.3, -0.25) is 0 Å². The third-order valence-electron chi connectivity index (χ3n) is 3.99. The fraction of sp³-hybridized carbons (Fsp3) is 0.286. The summed E-state index contributed by atoms with van der Waals surface area (Å²) in [6.45, 7) is 1.16. The van der Waals surface area contributed by atoms with Crippen molar-refractivity contribution in [3.8, 4) is 0 Å². The normalized spacial score (nSPS) is 16.0. The van der Waals surface area contributed by atoms with E-state index >= 15 is 0 Å². The first-order chi connectivity index (χ1) is 12.0. The second kappa shape index (κ2) is 6.32. The second-order valence-corrected chi connectivity index (χ2v) is 8.42. The molecule has 4 rings (SSSR count). The lowest BCUT2D eigenvalue weighted by Gasteiger charge is -2.37. The second-order valence-electron chi connectivity index (χ2n) is 5.66. The molecule has 0 aliphatic carbocycles. The molecule has 1 fully saturated rings. The molecule has 9 nitrogen and oxygen atoms in total. The maximum Gasteiger partial charge on any atom is 0.244 e. The number of rotatable bonds is 5. The van der Waals surface area contributed by atoms with Crippen LogP contribution in [0.4, 0.5) is 0 Å². The molecule has 3 aromatic rings. The maximum absolute atomic E-state index is 12.7. The Morgan fingerprint density at radius 1 is 1.16 bits per heavy atom.